The number of carbonyl (C=O) groups is 1. The molecule has 1 rings (SSSR count). The van der Waals surface area contributed by atoms with Gasteiger partial charge >= 0.3 is 0 Å². The van der Waals surface area contributed by atoms with Crippen molar-refractivity contribution in [3.8, 4) is 5.75 Å². The molecule has 0 fully saturated rings. The number of amides is 1. The number of oxime groups is 1. The predicted molar refractivity (Wildman–Crippen MR) is 64.1 cm³/mol. The van der Waals surface area contributed by atoms with E-state index >= 15 is 0 Å². The van der Waals surface area contributed by atoms with Crippen LogP contribution in [0.2, 0.25) is 0 Å². The van der Waals surface area contributed by atoms with Crippen LogP contribution in [0.5, 0.6) is 5.75 Å². The minimum Gasteiger partial charge on any atom is -0.507 e. The third-order valence-corrected chi connectivity index (χ3v) is 2.08. The zero-order chi connectivity index (χ0) is 13.7. The Balaban J connectivity index is 3.08. The molecule has 4 N–H and O–H groups in total. The molecule has 0 bridgehead atoms. The average Bonchev–Trinajstić information content (AvgIpc) is 2.35. The Morgan fingerprint density at radius 3 is 2.67 bits per heavy atom. The second-order valence-corrected chi connectivity index (χ2v) is 3.50. The van der Waals surface area contributed by atoms with Crippen LogP contribution in [-0.2, 0) is 4.84 Å². The van der Waals surface area contributed by atoms with Gasteiger partial charge in [0.15, 0.2) is 0 Å². The summed E-state index contributed by atoms with van der Waals surface area (Å²) in [5.41, 5.74) is 2.29. The largest absolute Gasteiger partial charge is 0.507 e. The van der Waals surface area contributed by atoms with Crippen molar-refractivity contribution in [3.05, 3.63) is 29.3 Å². The highest BCUT2D eigenvalue weighted by atomic mass is 16.6. The maximum atomic E-state index is 11.2. The van der Waals surface area contributed by atoms with E-state index in [-0.39, 0.29) is 17.2 Å². The molecule has 0 aliphatic carbocycles. The van der Waals surface area contributed by atoms with E-state index in [4.69, 9.17) is 10.6 Å². The number of hydroxylamine groups is 1. The topological polar surface area (TPSA) is 115 Å². The van der Waals surface area contributed by atoms with Gasteiger partial charge in [-0.3, -0.25) is 15.4 Å². The Bertz CT molecular complexity index is 511. The molecule has 0 unspecified atom stereocenters. The number of phenolic OH excluding ortho intramolecular Hbond substituents is 1. The van der Waals surface area contributed by atoms with Gasteiger partial charge < -0.3 is 9.94 Å². The minimum atomic E-state index is -0.827. The first kappa shape index (κ1) is 13.7. The lowest BCUT2D eigenvalue weighted by Gasteiger charge is -2.06. The van der Waals surface area contributed by atoms with Gasteiger partial charge in [-0.1, -0.05) is 5.16 Å². The van der Waals surface area contributed by atoms with E-state index in [1.54, 1.807) is 6.92 Å². The first-order valence-electron chi connectivity index (χ1n) is 5.00. The average molecular weight is 251 g/mol. The molecule has 0 aliphatic rings. The Kier molecular flexibility index (Phi) is 4.39. The Hall–Kier alpha value is -2.41. The number of rotatable bonds is 3. The zero-order valence-corrected chi connectivity index (χ0v) is 9.89. The van der Waals surface area contributed by atoms with Crippen molar-refractivity contribution in [2.45, 2.75) is 13.8 Å². The van der Waals surface area contributed by atoms with Gasteiger partial charge in [0.1, 0.15) is 5.75 Å². The van der Waals surface area contributed by atoms with Crippen molar-refractivity contribution in [2.24, 2.45) is 5.16 Å². The number of hydrogen-bond donors (Lipinski definition) is 4. The summed E-state index contributed by atoms with van der Waals surface area (Å²) >= 11 is 0. The van der Waals surface area contributed by atoms with E-state index in [2.05, 4.69) is 9.99 Å². The number of carbonyl (C=O) groups excluding carboxylic acids is 1. The van der Waals surface area contributed by atoms with Crippen molar-refractivity contribution < 1.29 is 19.9 Å². The molecule has 96 valence electrons. The molecule has 7 heteroatoms. The summed E-state index contributed by atoms with van der Waals surface area (Å²) in [5.74, 6) is -1.16. The molecule has 7 nitrogen and oxygen atoms in total. The standard InChI is InChI=1S/C11H13N3O4/c1-6(14-18-7(2)12)8-3-4-10(15)9(5-8)11(16)13-17/h3-5,12,15,17H,1-2H3,(H,13,16)/b12-7?,14-6+. The van der Waals surface area contributed by atoms with Crippen LogP contribution in [0.15, 0.2) is 23.4 Å². The molecule has 0 atom stereocenters. The monoisotopic (exact) mass is 251 g/mol. The Labute approximate surface area is 103 Å². The molecule has 0 aliphatic heterocycles. The van der Waals surface area contributed by atoms with Crippen LogP contribution in [0.25, 0.3) is 0 Å². The lowest BCUT2D eigenvalue weighted by atomic mass is 10.1. The third kappa shape index (κ3) is 3.29. The molecule has 1 aromatic carbocycles. The molecule has 0 saturated carbocycles. The lowest BCUT2D eigenvalue weighted by Crippen LogP contribution is -2.19. The fraction of sp³-hybridized carbons (Fsp3) is 0.182. The van der Waals surface area contributed by atoms with Crippen molar-refractivity contribution in [1.82, 2.24) is 5.48 Å². The number of nitrogens with one attached hydrogen (secondary N) is 2. The highest BCUT2D eigenvalue weighted by Crippen LogP contribution is 2.19. The van der Waals surface area contributed by atoms with Crippen LogP contribution in [0, 0.1) is 5.41 Å². The summed E-state index contributed by atoms with van der Waals surface area (Å²) in [6.45, 7) is 3.05. The molecule has 1 aromatic rings. The SMILES string of the molecule is CC(=N)O/N=C(\C)c1ccc(O)c(C(=O)NO)c1. The summed E-state index contributed by atoms with van der Waals surface area (Å²) < 4.78 is 0. The van der Waals surface area contributed by atoms with E-state index < -0.39 is 5.91 Å². The van der Waals surface area contributed by atoms with Gasteiger partial charge in [-0.15, -0.1) is 0 Å². The number of hydrogen-bond acceptors (Lipinski definition) is 6. The third-order valence-electron chi connectivity index (χ3n) is 2.08. The Morgan fingerprint density at radius 1 is 1.44 bits per heavy atom. The van der Waals surface area contributed by atoms with Gasteiger partial charge in [0, 0.05) is 12.5 Å². The van der Waals surface area contributed by atoms with E-state index in [9.17, 15) is 9.90 Å². The second-order valence-electron chi connectivity index (χ2n) is 3.50. The van der Waals surface area contributed by atoms with Crippen LogP contribution < -0.4 is 5.48 Å². The molecule has 0 spiro atoms. The van der Waals surface area contributed by atoms with Crippen LogP contribution in [0.4, 0.5) is 0 Å². The van der Waals surface area contributed by atoms with Gasteiger partial charge in [-0.25, -0.2) is 5.48 Å². The van der Waals surface area contributed by atoms with Crippen LogP contribution >= 0.6 is 0 Å². The molecule has 18 heavy (non-hydrogen) atoms. The van der Waals surface area contributed by atoms with Gasteiger partial charge in [0.05, 0.1) is 11.3 Å². The number of nitrogens with zero attached hydrogens (tertiary/aromatic N) is 1. The summed E-state index contributed by atoms with van der Waals surface area (Å²) in [4.78, 5) is 15.9. The van der Waals surface area contributed by atoms with Crippen LogP contribution in [-0.4, -0.2) is 27.8 Å². The van der Waals surface area contributed by atoms with Crippen LogP contribution in [0.3, 0.4) is 0 Å². The first-order chi connectivity index (χ1) is 8.45. The van der Waals surface area contributed by atoms with Gasteiger partial charge in [-0.05, 0) is 25.1 Å². The van der Waals surface area contributed by atoms with E-state index in [0.717, 1.165) is 0 Å². The van der Waals surface area contributed by atoms with Crippen molar-refractivity contribution >= 4 is 17.5 Å². The van der Waals surface area contributed by atoms with Gasteiger partial charge in [-0.2, -0.15) is 0 Å². The fourth-order valence-electron chi connectivity index (χ4n) is 1.19. The summed E-state index contributed by atoms with van der Waals surface area (Å²) in [7, 11) is 0. The second kappa shape index (κ2) is 5.78. The normalized spacial score (nSPS) is 10.9. The fourth-order valence-corrected chi connectivity index (χ4v) is 1.19. The summed E-state index contributed by atoms with van der Waals surface area (Å²) in [6.07, 6.45) is 0. The van der Waals surface area contributed by atoms with Crippen molar-refractivity contribution in [2.75, 3.05) is 0 Å². The van der Waals surface area contributed by atoms with Gasteiger partial charge in [0.25, 0.3) is 5.91 Å². The molecule has 0 saturated heterocycles. The van der Waals surface area contributed by atoms with Crippen molar-refractivity contribution in [1.29, 1.82) is 5.41 Å². The van der Waals surface area contributed by atoms with E-state index in [0.29, 0.717) is 11.3 Å². The zero-order valence-electron chi connectivity index (χ0n) is 9.89. The quantitative estimate of drug-likeness (QED) is 0.280. The molecular weight excluding hydrogens is 238 g/mol. The molecule has 0 aromatic heterocycles. The first-order valence-corrected chi connectivity index (χ1v) is 5.00. The lowest BCUT2D eigenvalue weighted by molar-refractivity contribution is 0.0703. The Morgan fingerprint density at radius 2 is 2.11 bits per heavy atom. The van der Waals surface area contributed by atoms with Crippen LogP contribution in [0.1, 0.15) is 29.8 Å². The number of aromatic hydroxyl groups is 1. The van der Waals surface area contributed by atoms with E-state index in [1.165, 1.54) is 30.6 Å². The molecular formula is C11H13N3O4. The maximum Gasteiger partial charge on any atom is 0.278 e. The van der Waals surface area contributed by atoms with E-state index in [1.807, 2.05) is 0 Å². The predicted octanol–water partition coefficient (Wildman–Crippen LogP) is 1.25. The smallest absolute Gasteiger partial charge is 0.278 e. The molecule has 1 amide bonds. The maximum absolute atomic E-state index is 11.2. The number of benzene rings is 1. The molecule has 0 heterocycles. The summed E-state index contributed by atoms with van der Waals surface area (Å²) in [6, 6.07) is 4.18. The number of phenols is 1. The van der Waals surface area contributed by atoms with Gasteiger partial charge in [0.2, 0.25) is 5.90 Å². The van der Waals surface area contributed by atoms with Crippen molar-refractivity contribution in [3.63, 3.8) is 0 Å². The summed E-state index contributed by atoms with van der Waals surface area (Å²) in [5, 5.41) is 28.7. The highest BCUT2D eigenvalue weighted by molar-refractivity contribution is 6.03. The minimum absolute atomic E-state index is 0.0681. The molecule has 0 radical (unpaired) electrons. The highest BCUT2D eigenvalue weighted by Gasteiger charge is 2.12.